The van der Waals surface area contributed by atoms with E-state index in [4.69, 9.17) is 15.2 Å². The molecule has 5 heterocycles. The Labute approximate surface area is 427 Å². The molecule has 2 aromatic carbocycles. The molecule has 5 aromatic rings. The molecule has 0 radical (unpaired) electrons. The molecule has 18 heteroatoms. The highest BCUT2D eigenvalue weighted by atomic mass is 32.2. The standard InChI is InChI=1S/C55H67FN10O6S/c1-35(2)42-7-5-6-8-43(42)49-34-64(33-37-29-61-53(71-4)62-30-37)21-22-66(49)39-26-55(27-39)17-19-65(20-18-55)38-9-10-44(50(23-38)72-40-24-45-46(56)11-12-48(45)58-31-40)52(67)63-73(69,70)41-25-47(57)51(60-32-41)59-28-36-13-15-54(3,68)16-14-36/h5-11,23-25,29-32,35-36,39,49,68H,12-22,26-28,33-34,57H2,1-4H3,(H,59,60)(H,63,67)/t36-,49-,54-/m0/s1. The zero-order valence-electron chi connectivity index (χ0n) is 42.2. The summed E-state index contributed by atoms with van der Waals surface area (Å²) in [6.07, 6.45) is 15.5. The SMILES string of the molecule is COc1ncc(CN2CCN(C3CC4(CCN(c5ccc(C(=O)NS(=O)(=O)c6cnc(NC[C@H]7CC[C@](C)(O)CC7)c(N)c6)c(Oc6cnc7c(c6)C(F)=CC7)c5)CC4)C3)[C@H](c3ccccc3C(C)C)C2)cn1. The normalized spacial score (nSPS) is 22.4. The second-order valence-electron chi connectivity index (χ2n) is 21.5. The number of ether oxygens (including phenoxy) is 2. The van der Waals surface area contributed by atoms with Crippen molar-refractivity contribution in [3.8, 4) is 17.5 Å². The summed E-state index contributed by atoms with van der Waals surface area (Å²) in [5, 5.41) is 13.5. The third-order valence-electron chi connectivity index (χ3n) is 16.0. The van der Waals surface area contributed by atoms with Crippen molar-refractivity contribution in [3.05, 3.63) is 119 Å². The molecule has 3 aromatic heterocycles. The van der Waals surface area contributed by atoms with Crippen molar-refractivity contribution in [3.63, 3.8) is 0 Å². The van der Waals surface area contributed by atoms with Gasteiger partial charge < -0.3 is 30.5 Å². The van der Waals surface area contributed by atoms with Crippen LogP contribution >= 0.6 is 0 Å². The van der Waals surface area contributed by atoms with Crippen LogP contribution in [0.25, 0.3) is 5.83 Å². The van der Waals surface area contributed by atoms with Gasteiger partial charge in [0.15, 0.2) is 0 Å². The van der Waals surface area contributed by atoms with Crippen LogP contribution in [-0.2, 0) is 23.0 Å². The number of carbonyl (C=O) groups excluding carboxylic acids is 1. The van der Waals surface area contributed by atoms with Crippen molar-refractivity contribution in [1.82, 2.24) is 34.5 Å². The molecule has 73 heavy (non-hydrogen) atoms. The molecule has 5 N–H and O–H groups in total. The number of aromatic nitrogens is 4. The number of methoxy groups -OCH3 is 1. The summed E-state index contributed by atoms with van der Waals surface area (Å²) in [6, 6.07) is 18.0. The first-order valence-electron chi connectivity index (χ1n) is 25.7. The highest BCUT2D eigenvalue weighted by molar-refractivity contribution is 7.90. The van der Waals surface area contributed by atoms with Gasteiger partial charge >= 0.3 is 6.01 Å². The molecule has 386 valence electrons. The molecule has 1 atom stereocenters. The van der Waals surface area contributed by atoms with Gasteiger partial charge in [-0.1, -0.05) is 38.1 Å². The van der Waals surface area contributed by atoms with Crippen LogP contribution in [0.15, 0.2) is 90.4 Å². The molecular weight excluding hydrogens is 948 g/mol. The number of fused-ring (bicyclic) bond motifs is 1. The molecular formula is C55H67FN10O6S. The number of hydrogen-bond donors (Lipinski definition) is 4. The van der Waals surface area contributed by atoms with Gasteiger partial charge in [0.1, 0.15) is 28.0 Å². The lowest BCUT2D eigenvalue weighted by Gasteiger charge is -2.58. The Morgan fingerprint density at radius 2 is 1.70 bits per heavy atom. The number of amides is 1. The summed E-state index contributed by atoms with van der Waals surface area (Å²) in [5.74, 6) is 0.0475. The third-order valence-corrected chi connectivity index (χ3v) is 17.3. The monoisotopic (exact) mass is 1010 g/mol. The number of benzene rings is 2. The van der Waals surface area contributed by atoms with Crippen LogP contribution in [0.4, 0.5) is 21.6 Å². The number of pyridine rings is 2. The molecule has 10 rings (SSSR count). The lowest BCUT2D eigenvalue weighted by atomic mass is 9.59. The van der Waals surface area contributed by atoms with Crippen molar-refractivity contribution >= 4 is 38.9 Å². The minimum atomic E-state index is -4.44. The molecule has 0 unspecified atom stereocenters. The van der Waals surface area contributed by atoms with Crippen LogP contribution in [0.5, 0.6) is 17.5 Å². The molecule has 1 amide bonds. The predicted octanol–water partition coefficient (Wildman–Crippen LogP) is 8.42. The van der Waals surface area contributed by atoms with Crippen LogP contribution in [0.2, 0.25) is 0 Å². The van der Waals surface area contributed by atoms with Crippen molar-refractivity contribution in [2.45, 2.75) is 114 Å². The smallest absolute Gasteiger partial charge is 0.316 e. The van der Waals surface area contributed by atoms with Gasteiger partial charge in [0.2, 0.25) is 0 Å². The molecule has 1 spiro atoms. The van der Waals surface area contributed by atoms with Gasteiger partial charge in [0.05, 0.1) is 35.9 Å². The van der Waals surface area contributed by atoms with Crippen molar-refractivity contribution in [2.24, 2.45) is 11.3 Å². The quantitative estimate of drug-likeness (QED) is 0.0778. The number of anilines is 3. The summed E-state index contributed by atoms with van der Waals surface area (Å²) in [6.45, 7) is 12.2. The molecule has 0 bridgehead atoms. The molecule has 2 saturated heterocycles. The molecule has 2 saturated carbocycles. The molecule has 5 aliphatic rings. The van der Waals surface area contributed by atoms with E-state index in [1.54, 1.807) is 25.3 Å². The Morgan fingerprint density at radius 3 is 2.42 bits per heavy atom. The fourth-order valence-corrected chi connectivity index (χ4v) is 12.6. The number of nitrogens with two attached hydrogens (primary N) is 1. The second-order valence-corrected chi connectivity index (χ2v) is 23.2. The molecule has 16 nitrogen and oxygen atoms in total. The second kappa shape index (κ2) is 20.6. The highest BCUT2D eigenvalue weighted by Gasteiger charge is 2.50. The number of halogens is 1. The number of aliphatic hydroxyl groups is 1. The van der Waals surface area contributed by atoms with Crippen molar-refractivity contribution in [2.75, 3.05) is 62.3 Å². The number of sulfonamides is 1. The van der Waals surface area contributed by atoms with Gasteiger partial charge in [-0.3, -0.25) is 19.6 Å². The number of nitrogens with one attached hydrogen (secondary N) is 2. The number of allylic oxidation sites excluding steroid dienone is 1. The minimum absolute atomic E-state index is 0.0316. The van der Waals surface area contributed by atoms with Crippen LogP contribution < -0.4 is 30.1 Å². The number of carbonyl (C=O) groups is 1. The Kier molecular flexibility index (Phi) is 14.2. The summed E-state index contributed by atoms with van der Waals surface area (Å²) >= 11 is 0. The van der Waals surface area contributed by atoms with Crippen molar-refractivity contribution in [1.29, 1.82) is 0 Å². The van der Waals surface area contributed by atoms with E-state index in [0.717, 1.165) is 95.2 Å². The summed E-state index contributed by atoms with van der Waals surface area (Å²) in [7, 11) is -2.87. The van der Waals surface area contributed by atoms with Gasteiger partial charge in [0, 0.05) is 106 Å². The number of piperazine rings is 1. The fraction of sp³-hybridized carbons (Fsp3) is 0.473. The van der Waals surface area contributed by atoms with E-state index in [-0.39, 0.29) is 39.1 Å². The number of rotatable bonds is 15. The van der Waals surface area contributed by atoms with Crippen molar-refractivity contribution < 1.29 is 32.2 Å². The summed E-state index contributed by atoms with van der Waals surface area (Å²) < 4.78 is 56.0. The maximum absolute atomic E-state index is 14.8. The van der Waals surface area contributed by atoms with Crippen LogP contribution in [0.1, 0.15) is 122 Å². The van der Waals surface area contributed by atoms with Crippen LogP contribution in [0.3, 0.4) is 0 Å². The fourth-order valence-electron chi connectivity index (χ4n) is 11.7. The third kappa shape index (κ3) is 11.0. The first-order chi connectivity index (χ1) is 35.0. The average Bonchev–Trinajstić information content (AvgIpc) is 3.74. The van der Waals surface area contributed by atoms with E-state index in [1.165, 1.54) is 29.5 Å². The first-order valence-corrected chi connectivity index (χ1v) is 27.2. The van der Waals surface area contributed by atoms with E-state index < -0.39 is 27.4 Å². The Balaban J connectivity index is 0.823. The Hall–Kier alpha value is -6.21. The predicted molar refractivity (Wildman–Crippen MR) is 279 cm³/mol. The molecule has 4 fully saturated rings. The number of nitrogens with zero attached hydrogens (tertiary/aromatic N) is 7. The number of hydrogen-bond acceptors (Lipinski definition) is 15. The maximum atomic E-state index is 14.8. The van der Waals surface area contributed by atoms with E-state index >= 15 is 0 Å². The zero-order chi connectivity index (χ0) is 51.1. The van der Waals surface area contributed by atoms with E-state index in [9.17, 15) is 22.7 Å². The lowest BCUT2D eigenvalue weighted by Crippen LogP contribution is -2.60. The topological polar surface area (TPSA) is 201 Å². The van der Waals surface area contributed by atoms with E-state index in [0.29, 0.717) is 66.8 Å². The molecule has 2 aliphatic heterocycles. The van der Waals surface area contributed by atoms with Gasteiger partial charge in [-0.15, -0.1) is 0 Å². The lowest BCUT2D eigenvalue weighted by molar-refractivity contribution is -0.0628. The zero-order valence-corrected chi connectivity index (χ0v) is 43.0. The minimum Gasteiger partial charge on any atom is -0.467 e. The van der Waals surface area contributed by atoms with Gasteiger partial charge in [-0.25, -0.2) is 32.5 Å². The number of piperidine rings is 1. The van der Waals surface area contributed by atoms with E-state index in [1.807, 2.05) is 25.4 Å². The Morgan fingerprint density at radius 1 is 0.945 bits per heavy atom. The summed E-state index contributed by atoms with van der Waals surface area (Å²) in [5.41, 5.74) is 11.5. The van der Waals surface area contributed by atoms with Gasteiger partial charge in [-0.05, 0) is 117 Å². The first kappa shape index (κ1) is 50.3. The van der Waals surface area contributed by atoms with Gasteiger partial charge in [-0.2, -0.15) is 0 Å². The molecule has 3 aliphatic carbocycles. The summed E-state index contributed by atoms with van der Waals surface area (Å²) in [4.78, 5) is 38.8. The Bertz CT molecular complexity index is 2970. The van der Waals surface area contributed by atoms with Crippen LogP contribution in [-0.4, -0.2) is 107 Å². The maximum Gasteiger partial charge on any atom is 0.316 e. The average molecular weight is 1020 g/mol. The van der Waals surface area contributed by atoms with Gasteiger partial charge in [0.25, 0.3) is 15.9 Å². The number of nitrogen functional groups attached to an aromatic ring is 1. The van der Waals surface area contributed by atoms with E-state index in [2.05, 4.69) is 82.8 Å². The highest BCUT2D eigenvalue weighted by Crippen LogP contribution is 2.53. The largest absolute Gasteiger partial charge is 0.467 e. The van der Waals surface area contributed by atoms with Crippen LogP contribution in [0, 0.1) is 11.3 Å².